The predicted molar refractivity (Wildman–Crippen MR) is 101 cm³/mol. The van der Waals surface area contributed by atoms with Crippen molar-refractivity contribution in [1.29, 1.82) is 0 Å². The van der Waals surface area contributed by atoms with Gasteiger partial charge in [-0.15, -0.1) is 0 Å². The van der Waals surface area contributed by atoms with Crippen LogP contribution in [0, 0.1) is 17.8 Å². The molecule has 0 unspecified atom stereocenters. The zero-order chi connectivity index (χ0) is 17.7. The fraction of sp³-hybridized carbons (Fsp3) is 0.591. The molecular formula is C22H31NO. The van der Waals surface area contributed by atoms with Crippen molar-refractivity contribution in [3.8, 4) is 11.8 Å². The number of carbonyl (C=O) groups excluding carboxylic acids is 1. The molecule has 1 aromatic carbocycles. The Morgan fingerprint density at radius 2 is 1.62 bits per heavy atom. The summed E-state index contributed by atoms with van der Waals surface area (Å²) in [7, 11) is 0. The summed E-state index contributed by atoms with van der Waals surface area (Å²) in [5, 5.41) is 0. The van der Waals surface area contributed by atoms with Gasteiger partial charge in [0.25, 0.3) is 0 Å². The van der Waals surface area contributed by atoms with Crippen LogP contribution in [-0.4, -0.2) is 5.91 Å². The third-order valence-electron chi connectivity index (χ3n) is 4.94. The van der Waals surface area contributed by atoms with E-state index in [4.69, 9.17) is 5.73 Å². The van der Waals surface area contributed by atoms with Crippen LogP contribution >= 0.6 is 0 Å². The molecule has 2 heteroatoms. The SMILES string of the molecule is CC(C)c1cc(C#CC2CCCCC2)cc(C(C)C)c1CC(N)=O. The Bertz CT molecular complexity index is 611. The molecule has 1 aliphatic rings. The van der Waals surface area contributed by atoms with Gasteiger partial charge >= 0.3 is 0 Å². The van der Waals surface area contributed by atoms with Crippen molar-refractivity contribution in [1.82, 2.24) is 0 Å². The van der Waals surface area contributed by atoms with Crippen LogP contribution in [0.3, 0.4) is 0 Å². The minimum atomic E-state index is -0.264. The highest BCUT2D eigenvalue weighted by molar-refractivity contribution is 5.78. The minimum absolute atomic E-state index is 0.264. The molecule has 2 N–H and O–H groups in total. The van der Waals surface area contributed by atoms with Crippen LogP contribution < -0.4 is 5.73 Å². The van der Waals surface area contributed by atoms with E-state index in [0.717, 1.165) is 11.1 Å². The summed E-state index contributed by atoms with van der Waals surface area (Å²) in [6.45, 7) is 8.68. The fourth-order valence-electron chi connectivity index (χ4n) is 3.63. The summed E-state index contributed by atoms with van der Waals surface area (Å²) >= 11 is 0. The molecule has 1 saturated carbocycles. The number of rotatable bonds is 4. The number of primary amides is 1. The van der Waals surface area contributed by atoms with E-state index < -0.39 is 0 Å². The third-order valence-corrected chi connectivity index (χ3v) is 4.94. The molecule has 24 heavy (non-hydrogen) atoms. The van der Waals surface area contributed by atoms with Crippen molar-refractivity contribution in [2.24, 2.45) is 11.7 Å². The van der Waals surface area contributed by atoms with Crippen molar-refractivity contribution in [3.63, 3.8) is 0 Å². The highest BCUT2D eigenvalue weighted by atomic mass is 16.1. The largest absolute Gasteiger partial charge is 0.369 e. The lowest BCUT2D eigenvalue weighted by molar-refractivity contribution is -0.117. The maximum atomic E-state index is 11.5. The van der Waals surface area contributed by atoms with Gasteiger partial charge in [-0.3, -0.25) is 4.79 Å². The van der Waals surface area contributed by atoms with Gasteiger partial charge in [-0.2, -0.15) is 0 Å². The summed E-state index contributed by atoms with van der Waals surface area (Å²) in [5.41, 5.74) is 10.1. The van der Waals surface area contributed by atoms with Gasteiger partial charge in [-0.1, -0.05) is 58.8 Å². The Hall–Kier alpha value is -1.75. The van der Waals surface area contributed by atoms with Crippen molar-refractivity contribution in [2.75, 3.05) is 0 Å². The number of benzene rings is 1. The standard InChI is InChI=1S/C22H31NO/c1-15(2)19-12-18(11-10-17-8-6-5-7-9-17)13-20(16(3)4)21(19)14-22(23)24/h12-13,15-17H,5-9,14H2,1-4H3,(H2,23,24). The molecule has 0 atom stereocenters. The monoisotopic (exact) mass is 325 g/mol. The molecule has 0 aromatic heterocycles. The highest BCUT2D eigenvalue weighted by Gasteiger charge is 2.17. The number of hydrogen-bond acceptors (Lipinski definition) is 1. The van der Waals surface area contributed by atoms with Crippen LogP contribution in [0.1, 0.15) is 93.9 Å². The molecule has 1 amide bonds. The maximum Gasteiger partial charge on any atom is 0.221 e. The van der Waals surface area contributed by atoms with Crippen molar-refractivity contribution >= 4 is 5.91 Å². The first kappa shape index (κ1) is 18.6. The predicted octanol–water partition coefficient (Wildman–Crippen LogP) is 4.89. The first-order valence-corrected chi connectivity index (χ1v) is 9.35. The number of nitrogens with two attached hydrogens (primary N) is 1. The van der Waals surface area contributed by atoms with Gasteiger partial charge in [0.2, 0.25) is 5.91 Å². The number of amides is 1. The van der Waals surface area contributed by atoms with Gasteiger partial charge in [0.05, 0.1) is 6.42 Å². The normalized spacial score (nSPS) is 15.4. The minimum Gasteiger partial charge on any atom is -0.369 e. The van der Waals surface area contributed by atoms with E-state index in [2.05, 4.69) is 51.7 Å². The Morgan fingerprint density at radius 1 is 1.08 bits per heavy atom. The average Bonchev–Trinajstić information content (AvgIpc) is 2.53. The van der Waals surface area contributed by atoms with Gasteiger partial charge in [0, 0.05) is 11.5 Å². The second kappa shape index (κ2) is 8.38. The molecule has 0 aliphatic heterocycles. The summed E-state index contributed by atoms with van der Waals surface area (Å²) in [4.78, 5) is 11.5. The van der Waals surface area contributed by atoms with Gasteiger partial charge in [0.1, 0.15) is 0 Å². The van der Waals surface area contributed by atoms with E-state index in [1.807, 2.05) is 0 Å². The zero-order valence-electron chi connectivity index (χ0n) is 15.6. The first-order valence-electron chi connectivity index (χ1n) is 9.35. The van der Waals surface area contributed by atoms with Crippen LogP contribution in [0.5, 0.6) is 0 Å². The molecule has 0 bridgehead atoms. The Labute approximate surface area is 147 Å². The summed E-state index contributed by atoms with van der Waals surface area (Å²) < 4.78 is 0. The van der Waals surface area contributed by atoms with Crippen molar-refractivity contribution in [2.45, 2.75) is 78.1 Å². The van der Waals surface area contributed by atoms with E-state index in [-0.39, 0.29) is 5.91 Å². The molecule has 1 aliphatic carbocycles. The molecule has 0 radical (unpaired) electrons. The van der Waals surface area contributed by atoms with Gasteiger partial charge in [0.15, 0.2) is 0 Å². The molecule has 0 saturated heterocycles. The van der Waals surface area contributed by atoms with E-state index in [0.29, 0.717) is 24.2 Å². The second-order valence-corrected chi connectivity index (χ2v) is 7.69. The molecule has 1 fully saturated rings. The van der Waals surface area contributed by atoms with E-state index >= 15 is 0 Å². The van der Waals surface area contributed by atoms with Crippen LogP contribution in [0.25, 0.3) is 0 Å². The zero-order valence-corrected chi connectivity index (χ0v) is 15.6. The Balaban J connectivity index is 2.42. The lowest BCUT2D eigenvalue weighted by Gasteiger charge is -2.20. The lowest BCUT2D eigenvalue weighted by Crippen LogP contribution is -2.17. The molecule has 130 valence electrons. The first-order chi connectivity index (χ1) is 11.4. The maximum absolute atomic E-state index is 11.5. The van der Waals surface area contributed by atoms with E-state index in [1.54, 1.807) is 0 Å². The topological polar surface area (TPSA) is 43.1 Å². The number of hydrogen-bond donors (Lipinski definition) is 1. The van der Waals surface area contributed by atoms with Crippen LogP contribution in [0.2, 0.25) is 0 Å². The van der Waals surface area contributed by atoms with Crippen LogP contribution in [0.4, 0.5) is 0 Å². The molecule has 0 heterocycles. The van der Waals surface area contributed by atoms with Gasteiger partial charge in [-0.25, -0.2) is 0 Å². The van der Waals surface area contributed by atoms with Gasteiger partial charge < -0.3 is 5.73 Å². The van der Waals surface area contributed by atoms with E-state index in [1.165, 1.54) is 43.2 Å². The van der Waals surface area contributed by atoms with E-state index in [9.17, 15) is 4.79 Å². The Morgan fingerprint density at radius 3 is 2.08 bits per heavy atom. The van der Waals surface area contributed by atoms with Gasteiger partial charge in [-0.05, 0) is 53.5 Å². The molecule has 2 rings (SSSR count). The van der Waals surface area contributed by atoms with Crippen molar-refractivity contribution < 1.29 is 4.79 Å². The number of carbonyl (C=O) groups is 1. The van der Waals surface area contributed by atoms with Crippen LogP contribution in [-0.2, 0) is 11.2 Å². The average molecular weight is 325 g/mol. The summed E-state index contributed by atoms with van der Waals surface area (Å²) in [5.74, 6) is 7.90. The third kappa shape index (κ3) is 4.87. The Kier molecular flexibility index (Phi) is 6.49. The molecule has 1 aromatic rings. The summed E-state index contributed by atoms with van der Waals surface area (Å²) in [6, 6.07) is 4.34. The van der Waals surface area contributed by atoms with Crippen LogP contribution in [0.15, 0.2) is 12.1 Å². The lowest BCUT2D eigenvalue weighted by atomic mass is 9.85. The molecule has 2 nitrogen and oxygen atoms in total. The molecule has 0 spiro atoms. The second-order valence-electron chi connectivity index (χ2n) is 7.69. The van der Waals surface area contributed by atoms with Crippen molar-refractivity contribution in [3.05, 3.63) is 34.4 Å². The fourth-order valence-corrected chi connectivity index (χ4v) is 3.63. The quantitative estimate of drug-likeness (QED) is 0.787. The highest BCUT2D eigenvalue weighted by Crippen LogP contribution is 2.30. The summed E-state index contributed by atoms with van der Waals surface area (Å²) in [6.07, 6.45) is 6.77. The molecular weight excluding hydrogens is 294 g/mol. The smallest absolute Gasteiger partial charge is 0.221 e.